The van der Waals surface area contributed by atoms with Crippen LogP contribution in [0.25, 0.3) is 0 Å². The Bertz CT molecular complexity index is 415. The summed E-state index contributed by atoms with van der Waals surface area (Å²) in [5, 5.41) is 13.1. The summed E-state index contributed by atoms with van der Waals surface area (Å²) in [5.41, 5.74) is 0.428. The van der Waals surface area contributed by atoms with E-state index in [1.165, 1.54) is 19.8 Å². The van der Waals surface area contributed by atoms with E-state index < -0.39 is 5.97 Å². The van der Waals surface area contributed by atoms with Gasteiger partial charge in [0.2, 0.25) is 0 Å². The summed E-state index contributed by atoms with van der Waals surface area (Å²) in [4.78, 5) is 11.3. The monoisotopic (exact) mass is 267 g/mol. The molecule has 0 bridgehead atoms. The van der Waals surface area contributed by atoms with Crippen LogP contribution in [0.4, 0.5) is 0 Å². The van der Waals surface area contributed by atoms with E-state index in [1.807, 2.05) is 0 Å². The molecule has 5 nitrogen and oxygen atoms in total. The highest BCUT2D eigenvalue weighted by Crippen LogP contribution is 2.23. The van der Waals surface area contributed by atoms with Crippen LogP contribution < -0.4 is 5.32 Å². The Morgan fingerprint density at radius 3 is 3.05 bits per heavy atom. The summed E-state index contributed by atoms with van der Waals surface area (Å²) < 4.78 is 9.89. The molecule has 0 spiro atoms. The molecule has 2 rings (SSSR count). The fourth-order valence-electron chi connectivity index (χ4n) is 2.51. The van der Waals surface area contributed by atoms with Gasteiger partial charge in [0.15, 0.2) is 0 Å². The Hall–Kier alpha value is -1.33. The van der Waals surface area contributed by atoms with E-state index in [4.69, 9.17) is 4.42 Å². The number of ether oxygens (including phenoxy) is 1. The molecule has 2 N–H and O–H groups in total. The number of aliphatic hydroxyl groups is 1. The number of hydrogen-bond donors (Lipinski definition) is 2. The van der Waals surface area contributed by atoms with E-state index in [0.29, 0.717) is 23.8 Å². The van der Waals surface area contributed by atoms with Crippen molar-refractivity contribution in [2.75, 3.05) is 13.7 Å². The quantitative estimate of drug-likeness (QED) is 0.795. The van der Waals surface area contributed by atoms with Crippen molar-refractivity contribution in [1.82, 2.24) is 5.32 Å². The third kappa shape index (κ3) is 3.81. The molecule has 1 aromatic heterocycles. The highest BCUT2D eigenvalue weighted by atomic mass is 16.5. The second-order valence-corrected chi connectivity index (χ2v) is 5.04. The molecule has 106 valence electrons. The van der Waals surface area contributed by atoms with Gasteiger partial charge < -0.3 is 19.6 Å². The lowest BCUT2D eigenvalue weighted by Crippen LogP contribution is -2.33. The summed E-state index contributed by atoms with van der Waals surface area (Å²) in [5.74, 6) is 0.632. The van der Waals surface area contributed by atoms with Crippen molar-refractivity contribution < 1.29 is 19.1 Å². The van der Waals surface area contributed by atoms with Crippen LogP contribution in [-0.4, -0.2) is 30.8 Å². The van der Waals surface area contributed by atoms with Gasteiger partial charge in [0.25, 0.3) is 0 Å². The van der Waals surface area contributed by atoms with Crippen LogP contribution in [0.15, 0.2) is 16.7 Å². The number of hydrogen-bond acceptors (Lipinski definition) is 5. The average Bonchev–Trinajstić information content (AvgIpc) is 2.89. The number of nitrogens with one attached hydrogen (secondary N) is 1. The zero-order valence-corrected chi connectivity index (χ0v) is 11.2. The fourth-order valence-corrected chi connectivity index (χ4v) is 2.51. The number of rotatable bonds is 5. The molecule has 5 heteroatoms. The molecule has 0 aliphatic heterocycles. The first-order chi connectivity index (χ1) is 9.20. The second-order valence-electron chi connectivity index (χ2n) is 5.04. The van der Waals surface area contributed by atoms with Crippen LogP contribution in [0.3, 0.4) is 0 Å². The summed E-state index contributed by atoms with van der Waals surface area (Å²) in [6.07, 6.45) is 5.50. The average molecular weight is 267 g/mol. The molecule has 1 aromatic rings. The third-order valence-corrected chi connectivity index (χ3v) is 3.65. The summed E-state index contributed by atoms with van der Waals surface area (Å²) in [6.45, 7) is 1.33. The number of carbonyl (C=O) groups excluding carboxylic acids is 1. The molecule has 1 aliphatic carbocycles. The van der Waals surface area contributed by atoms with Crippen molar-refractivity contribution >= 4 is 5.97 Å². The minimum Gasteiger partial charge on any atom is -0.467 e. The van der Waals surface area contributed by atoms with Crippen molar-refractivity contribution in [3.05, 3.63) is 23.7 Å². The third-order valence-electron chi connectivity index (χ3n) is 3.65. The smallest absolute Gasteiger partial charge is 0.341 e. The highest BCUT2D eigenvalue weighted by molar-refractivity contribution is 5.88. The fraction of sp³-hybridized carbons (Fsp3) is 0.643. The molecule has 1 heterocycles. The van der Waals surface area contributed by atoms with Crippen LogP contribution in [-0.2, 0) is 11.3 Å². The minimum atomic E-state index is -0.391. The maximum atomic E-state index is 11.3. The van der Waals surface area contributed by atoms with Crippen LogP contribution in [0, 0.1) is 5.92 Å². The van der Waals surface area contributed by atoms with Crippen LogP contribution >= 0.6 is 0 Å². The lowest BCUT2D eigenvalue weighted by molar-refractivity contribution is 0.0600. The molecular formula is C14H21NO4. The number of aliphatic hydroxyl groups excluding tert-OH is 1. The zero-order chi connectivity index (χ0) is 13.7. The van der Waals surface area contributed by atoms with Gasteiger partial charge in [0.05, 0.1) is 25.3 Å². The molecule has 1 fully saturated rings. The Morgan fingerprint density at radius 2 is 2.32 bits per heavy atom. The van der Waals surface area contributed by atoms with E-state index in [1.54, 1.807) is 6.07 Å². The standard InChI is InChI=1S/C14H21NO4/c1-18-14(17)11-6-12(19-9-11)8-15-7-10-4-2-3-5-13(10)16/h6,9-10,13,15-16H,2-5,7-8H2,1H3. The Balaban J connectivity index is 1.76. The van der Waals surface area contributed by atoms with Crippen LogP contribution in [0.2, 0.25) is 0 Å². The number of furan rings is 1. The maximum absolute atomic E-state index is 11.3. The number of methoxy groups -OCH3 is 1. The van der Waals surface area contributed by atoms with Crippen molar-refractivity contribution in [3.63, 3.8) is 0 Å². The predicted octanol–water partition coefficient (Wildman–Crippen LogP) is 1.71. The molecule has 0 aromatic carbocycles. The molecule has 2 atom stereocenters. The van der Waals surface area contributed by atoms with Gasteiger partial charge in [-0.2, -0.15) is 0 Å². The second kappa shape index (κ2) is 6.73. The largest absolute Gasteiger partial charge is 0.467 e. The Kier molecular flexibility index (Phi) is 4.99. The number of esters is 1. The van der Waals surface area contributed by atoms with Gasteiger partial charge in [-0.25, -0.2) is 4.79 Å². The first-order valence-electron chi connectivity index (χ1n) is 6.75. The van der Waals surface area contributed by atoms with Crippen molar-refractivity contribution in [2.24, 2.45) is 5.92 Å². The summed E-state index contributed by atoms with van der Waals surface area (Å²) in [7, 11) is 1.34. The zero-order valence-electron chi connectivity index (χ0n) is 11.2. The van der Waals surface area contributed by atoms with E-state index in [2.05, 4.69) is 10.1 Å². The van der Waals surface area contributed by atoms with Crippen molar-refractivity contribution in [1.29, 1.82) is 0 Å². The van der Waals surface area contributed by atoms with Crippen molar-refractivity contribution in [3.8, 4) is 0 Å². The van der Waals surface area contributed by atoms with E-state index in [9.17, 15) is 9.90 Å². The van der Waals surface area contributed by atoms with Gasteiger partial charge in [0.1, 0.15) is 12.0 Å². The molecule has 2 unspecified atom stereocenters. The van der Waals surface area contributed by atoms with Gasteiger partial charge in [0, 0.05) is 6.54 Å². The summed E-state index contributed by atoms with van der Waals surface area (Å²) >= 11 is 0. The molecule has 19 heavy (non-hydrogen) atoms. The topological polar surface area (TPSA) is 71.7 Å². The molecule has 0 radical (unpaired) electrons. The molecule has 0 amide bonds. The highest BCUT2D eigenvalue weighted by Gasteiger charge is 2.22. The van der Waals surface area contributed by atoms with E-state index >= 15 is 0 Å². The molecule has 0 saturated heterocycles. The first kappa shape index (κ1) is 14.1. The maximum Gasteiger partial charge on any atom is 0.341 e. The van der Waals surface area contributed by atoms with E-state index in [0.717, 1.165) is 25.8 Å². The van der Waals surface area contributed by atoms with Crippen LogP contribution in [0.1, 0.15) is 41.8 Å². The summed E-state index contributed by atoms with van der Waals surface area (Å²) in [6, 6.07) is 1.68. The van der Waals surface area contributed by atoms with E-state index in [-0.39, 0.29) is 6.10 Å². The van der Waals surface area contributed by atoms with Crippen LogP contribution in [0.5, 0.6) is 0 Å². The predicted molar refractivity (Wildman–Crippen MR) is 69.7 cm³/mol. The Labute approximate surface area is 112 Å². The Morgan fingerprint density at radius 1 is 1.53 bits per heavy atom. The molecule has 1 aliphatic rings. The molecule has 1 saturated carbocycles. The van der Waals surface area contributed by atoms with Gasteiger partial charge in [-0.05, 0) is 24.8 Å². The van der Waals surface area contributed by atoms with Gasteiger partial charge >= 0.3 is 5.97 Å². The number of carbonyl (C=O) groups is 1. The molecular weight excluding hydrogens is 246 g/mol. The first-order valence-corrected chi connectivity index (χ1v) is 6.75. The van der Waals surface area contributed by atoms with Gasteiger partial charge in [-0.1, -0.05) is 12.8 Å². The van der Waals surface area contributed by atoms with Crippen molar-refractivity contribution in [2.45, 2.75) is 38.3 Å². The SMILES string of the molecule is COC(=O)c1coc(CNCC2CCCCC2O)c1. The lowest BCUT2D eigenvalue weighted by atomic mass is 9.86. The van der Waals surface area contributed by atoms with Gasteiger partial charge in [-0.15, -0.1) is 0 Å². The normalized spacial score (nSPS) is 23.3. The minimum absolute atomic E-state index is 0.191. The van der Waals surface area contributed by atoms with Gasteiger partial charge in [-0.3, -0.25) is 0 Å². The lowest BCUT2D eigenvalue weighted by Gasteiger charge is -2.27.